The Morgan fingerprint density at radius 1 is 1.35 bits per heavy atom. The molecule has 0 saturated carbocycles. The first-order valence-corrected chi connectivity index (χ1v) is 4.83. The van der Waals surface area contributed by atoms with Crippen molar-refractivity contribution in [2.24, 2.45) is 0 Å². The maximum atomic E-state index is 12.6. The largest absolute Gasteiger partial charge is 0.491 e. The van der Waals surface area contributed by atoms with Crippen LogP contribution >= 0.6 is 0 Å². The van der Waals surface area contributed by atoms with Crippen LogP contribution in [0.25, 0.3) is 0 Å². The van der Waals surface area contributed by atoms with Gasteiger partial charge < -0.3 is 9.84 Å². The lowest BCUT2D eigenvalue weighted by atomic mass is 10.1. The monoisotopic (exact) mass is 248 g/mol. The van der Waals surface area contributed by atoms with E-state index in [4.69, 9.17) is 9.84 Å². The molecule has 17 heavy (non-hydrogen) atoms. The van der Waals surface area contributed by atoms with Gasteiger partial charge in [0.1, 0.15) is 5.75 Å². The Bertz CT molecular complexity index is 424. The number of carbonyl (C=O) groups is 1. The molecule has 0 saturated heterocycles. The van der Waals surface area contributed by atoms with E-state index in [9.17, 15) is 18.0 Å². The van der Waals surface area contributed by atoms with Crippen LogP contribution in [0.5, 0.6) is 5.75 Å². The second-order valence-electron chi connectivity index (χ2n) is 3.68. The van der Waals surface area contributed by atoms with E-state index in [1.54, 1.807) is 13.8 Å². The fraction of sp³-hybridized carbons (Fsp3) is 0.364. The number of hydrogen-bond donors (Lipinski definition) is 1. The van der Waals surface area contributed by atoms with Crippen molar-refractivity contribution in [2.45, 2.75) is 26.1 Å². The third kappa shape index (κ3) is 3.37. The first-order chi connectivity index (χ1) is 7.71. The van der Waals surface area contributed by atoms with Crippen LogP contribution < -0.4 is 4.74 Å². The standard InChI is InChI=1S/C11H11F3O3/c1-6(2)17-7-3-4-8(10(15)16)9(5-7)11(12,13)14/h3-6H,1-2H3,(H,15,16). The third-order valence-electron chi connectivity index (χ3n) is 1.90. The van der Waals surface area contributed by atoms with E-state index in [1.807, 2.05) is 0 Å². The molecule has 0 spiro atoms. The molecule has 0 aromatic heterocycles. The van der Waals surface area contributed by atoms with Gasteiger partial charge in [-0.3, -0.25) is 0 Å². The van der Waals surface area contributed by atoms with Crippen molar-refractivity contribution in [1.82, 2.24) is 0 Å². The van der Waals surface area contributed by atoms with Crippen molar-refractivity contribution in [1.29, 1.82) is 0 Å². The number of ether oxygens (including phenoxy) is 1. The van der Waals surface area contributed by atoms with Crippen molar-refractivity contribution >= 4 is 5.97 Å². The normalized spacial score (nSPS) is 11.6. The zero-order valence-corrected chi connectivity index (χ0v) is 9.21. The Balaban J connectivity index is 3.25. The summed E-state index contributed by atoms with van der Waals surface area (Å²) in [7, 11) is 0. The molecule has 6 heteroatoms. The molecule has 94 valence electrons. The lowest BCUT2D eigenvalue weighted by Crippen LogP contribution is -2.14. The first kappa shape index (κ1) is 13.3. The minimum absolute atomic E-state index is 0.00248. The number of carboxylic acid groups (broad SMARTS) is 1. The van der Waals surface area contributed by atoms with Gasteiger partial charge in [-0.05, 0) is 32.0 Å². The SMILES string of the molecule is CC(C)Oc1ccc(C(=O)O)c(C(F)(F)F)c1. The fourth-order valence-electron chi connectivity index (χ4n) is 1.29. The molecule has 0 unspecified atom stereocenters. The number of aromatic carboxylic acids is 1. The number of carboxylic acids is 1. The number of halogens is 3. The van der Waals surface area contributed by atoms with Gasteiger partial charge in [0.15, 0.2) is 0 Å². The van der Waals surface area contributed by atoms with Crippen LogP contribution in [0.1, 0.15) is 29.8 Å². The van der Waals surface area contributed by atoms with Crippen molar-refractivity contribution in [3.8, 4) is 5.75 Å². The Labute approximate surface area is 95.8 Å². The zero-order chi connectivity index (χ0) is 13.2. The van der Waals surface area contributed by atoms with Crippen LogP contribution in [0.3, 0.4) is 0 Å². The van der Waals surface area contributed by atoms with Gasteiger partial charge in [-0.2, -0.15) is 13.2 Å². The number of rotatable bonds is 3. The first-order valence-electron chi connectivity index (χ1n) is 4.83. The van der Waals surface area contributed by atoms with E-state index in [0.717, 1.165) is 6.07 Å². The van der Waals surface area contributed by atoms with Gasteiger partial charge >= 0.3 is 12.1 Å². The van der Waals surface area contributed by atoms with Crippen LogP contribution in [0.4, 0.5) is 13.2 Å². The molecule has 0 aliphatic rings. The van der Waals surface area contributed by atoms with Crippen LogP contribution in [-0.2, 0) is 6.18 Å². The van der Waals surface area contributed by atoms with E-state index in [0.29, 0.717) is 6.07 Å². The Morgan fingerprint density at radius 2 is 1.94 bits per heavy atom. The maximum Gasteiger partial charge on any atom is 0.417 e. The average Bonchev–Trinajstić information content (AvgIpc) is 2.14. The molecular weight excluding hydrogens is 237 g/mol. The number of benzene rings is 1. The molecular formula is C11H11F3O3. The predicted molar refractivity (Wildman–Crippen MR) is 54.2 cm³/mol. The second kappa shape index (κ2) is 4.65. The maximum absolute atomic E-state index is 12.6. The van der Waals surface area contributed by atoms with Crippen LogP contribution in [0.15, 0.2) is 18.2 Å². The summed E-state index contributed by atoms with van der Waals surface area (Å²) in [6.07, 6.45) is -5.00. The topological polar surface area (TPSA) is 46.5 Å². The van der Waals surface area contributed by atoms with E-state index in [1.165, 1.54) is 6.07 Å². The summed E-state index contributed by atoms with van der Waals surface area (Å²) in [5, 5.41) is 8.66. The Hall–Kier alpha value is -1.72. The molecule has 0 bridgehead atoms. The summed E-state index contributed by atoms with van der Waals surface area (Å²) >= 11 is 0. The summed E-state index contributed by atoms with van der Waals surface area (Å²) in [6, 6.07) is 2.80. The molecule has 0 radical (unpaired) electrons. The quantitative estimate of drug-likeness (QED) is 0.893. The highest BCUT2D eigenvalue weighted by Crippen LogP contribution is 2.34. The molecule has 0 fully saturated rings. The van der Waals surface area contributed by atoms with Gasteiger partial charge in [-0.1, -0.05) is 0 Å². The summed E-state index contributed by atoms with van der Waals surface area (Å²) in [4.78, 5) is 10.7. The minimum Gasteiger partial charge on any atom is -0.491 e. The highest BCUT2D eigenvalue weighted by atomic mass is 19.4. The van der Waals surface area contributed by atoms with Gasteiger partial charge in [0.2, 0.25) is 0 Å². The van der Waals surface area contributed by atoms with Crippen molar-refractivity contribution in [3.05, 3.63) is 29.3 Å². The fourth-order valence-corrected chi connectivity index (χ4v) is 1.29. The highest BCUT2D eigenvalue weighted by Gasteiger charge is 2.35. The van der Waals surface area contributed by atoms with Gasteiger partial charge in [0.25, 0.3) is 0 Å². The van der Waals surface area contributed by atoms with E-state index < -0.39 is 23.3 Å². The van der Waals surface area contributed by atoms with Gasteiger partial charge in [0.05, 0.1) is 17.2 Å². The predicted octanol–water partition coefficient (Wildman–Crippen LogP) is 3.19. The molecule has 0 aliphatic carbocycles. The second-order valence-corrected chi connectivity index (χ2v) is 3.68. The summed E-state index contributed by atoms with van der Waals surface area (Å²) < 4.78 is 42.9. The third-order valence-corrected chi connectivity index (χ3v) is 1.90. The van der Waals surface area contributed by atoms with Crippen LogP contribution in [0, 0.1) is 0 Å². The molecule has 0 atom stereocenters. The summed E-state index contributed by atoms with van der Waals surface area (Å²) in [5.74, 6) is -1.62. The number of hydrogen-bond acceptors (Lipinski definition) is 2. The minimum atomic E-state index is -4.72. The number of alkyl halides is 3. The summed E-state index contributed by atoms with van der Waals surface area (Å²) in [6.45, 7) is 3.33. The van der Waals surface area contributed by atoms with E-state index in [-0.39, 0.29) is 11.9 Å². The molecule has 1 N–H and O–H groups in total. The molecule has 3 nitrogen and oxygen atoms in total. The molecule has 0 heterocycles. The molecule has 0 aliphatic heterocycles. The average molecular weight is 248 g/mol. The molecule has 1 rings (SSSR count). The van der Waals surface area contributed by atoms with Crippen LogP contribution in [-0.4, -0.2) is 17.2 Å². The van der Waals surface area contributed by atoms with Gasteiger partial charge in [-0.15, -0.1) is 0 Å². The van der Waals surface area contributed by atoms with Crippen molar-refractivity contribution in [3.63, 3.8) is 0 Å². The molecule has 1 aromatic carbocycles. The lowest BCUT2D eigenvalue weighted by molar-refractivity contribution is -0.138. The van der Waals surface area contributed by atoms with Crippen molar-refractivity contribution in [2.75, 3.05) is 0 Å². The molecule has 0 amide bonds. The van der Waals surface area contributed by atoms with Gasteiger partial charge in [-0.25, -0.2) is 4.79 Å². The Kier molecular flexibility index (Phi) is 3.65. The van der Waals surface area contributed by atoms with Gasteiger partial charge in [0, 0.05) is 0 Å². The zero-order valence-electron chi connectivity index (χ0n) is 9.21. The Morgan fingerprint density at radius 3 is 2.35 bits per heavy atom. The van der Waals surface area contributed by atoms with E-state index in [2.05, 4.69) is 0 Å². The van der Waals surface area contributed by atoms with Crippen molar-refractivity contribution < 1.29 is 27.8 Å². The lowest BCUT2D eigenvalue weighted by Gasteiger charge is -2.14. The van der Waals surface area contributed by atoms with E-state index >= 15 is 0 Å². The van der Waals surface area contributed by atoms with Crippen LogP contribution in [0.2, 0.25) is 0 Å². The smallest absolute Gasteiger partial charge is 0.417 e. The summed E-state index contributed by atoms with van der Waals surface area (Å²) in [5.41, 5.74) is -1.99. The highest BCUT2D eigenvalue weighted by molar-refractivity contribution is 5.89. The molecule has 1 aromatic rings.